The molecule has 0 saturated heterocycles. The van der Waals surface area contributed by atoms with Gasteiger partial charge < -0.3 is 20.2 Å². The summed E-state index contributed by atoms with van der Waals surface area (Å²) in [5.74, 6) is -0.809. The van der Waals surface area contributed by atoms with E-state index in [9.17, 15) is 9.59 Å². The fourth-order valence-corrected chi connectivity index (χ4v) is 3.75. The fraction of sp³-hybridized carbons (Fsp3) is 0.217. The average molecular weight is 433 g/mol. The number of furan rings is 1. The summed E-state index contributed by atoms with van der Waals surface area (Å²) in [6.45, 7) is 7.28. The highest BCUT2D eigenvalue weighted by molar-refractivity contribution is 6.09. The number of amides is 1. The van der Waals surface area contributed by atoms with Crippen molar-refractivity contribution in [2.75, 3.05) is 11.9 Å². The van der Waals surface area contributed by atoms with E-state index in [1.807, 2.05) is 50.2 Å². The molecule has 164 valence electrons. The molecule has 0 radical (unpaired) electrons. The van der Waals surface area contributed by atoms with Crippen molar-refractivity contribution in [3.05, 3.63) is 64.5 Å². The number of para-hydroxylation sites is 1. The second kappa shape index (κ2) is 8.18. The summed E-state index contributed by atoms with van der Waals surface area (Å²) in [6, 6.07) is 11.5. The number of primary amides is 1. The van der Waals surface area contributed by atoms with Crippen LogP contribution in [-0.4, -0.2) is 33.2 Å². The van der Waals surface area contributed by atoms with Crippen molar-refractivity contribution < 1.29 is 18.7 Å². The number of nitrogens with one attached hydrogen (secondary N) is 1. The monoisotopic (exact) mass is 433 g/mol. The van der Waals surface area contributed by atoms with Crippen molar-refractivity contribution in [2.24, 2.45) is 5.73 Å². The van der Waals surface area contributed by atoms with Gasteiger partial charge in [0.1, 0.15) is 22.7 Å². The van der Waals surface area contributed by atoms with Gasteiger partial charge in [0.15, 0.2) is 5.65 Å². The Balaban J connectivity index is 1.83. The van der Waals surface area contributed by atoms with Gasteiger partial charge in [-0.1, -0.05) is 18.2 Å². The number of pyridine rings is 1. The maximum atomic E-state index is 12.3. The van der Waals surface area contributed by atoms with Crippen molar-refractivity contribution in [1.82, 2.24) is 14.8 Å². The van der Waals surface area contributed by atoms with Gasteiger partial charge in [0.25, 0.3) is 5.91 Å². The summed E-state index contributed by atoms with van der Waals surface area (Å²) in [5, 5.41) is 8.58. The zero-order valence-electron chi connectivity index (χ0n) is 18.2. The van der Waals surface area contributed by atoms with Crippen molar-refractivity contribution in [3.8, 4) is 5.69 Å². The molecule has 0 bridgehead atoms. The number of carbonyl (C=O) groups is 2. The molecule has 0 aliphatic rings. The Labute approximate surface area is 184 Å². The maximum Gasteiger partial charge on any atom is 0.342 e. The third-order valence-electron chi connectivity index (χ3n) is 5.06. The highest BCUT2D eigenvalue weighted by Crippen LogP contribution is 2.32. The van der Waals surface area contributed by atoms with Gasteiger partial charge in [-0.25, -0.2) is 14.5 Å². The van der Waals surface area contributed by atoms with Crippen LogP contribution in [0.25, 0.3) is 16.7 Å². The van der Waals surface area contributed by atoms with Crippen LogP contribution in [0, 0.1) is 20.8 Å². The van der Waals surface area contributed by atoms with E-state index in [0.717, 1.165) is 22.3 Å². The molecule has 9 heteroatoms. The topological polar surface area (TPSA) is 125 Å². The van der Waals surface area contributed by atoms with E-state index in [1.165, 1.54) is 0 Å². The Hall–Kier alpha value is -4.14. The number of ether oxygens (including phenoxy) is 1. The highest BCUT2D eigenvalue weighted by atomic mass is 16.5. The minimum atomic E-state index is -0.810. The lowest BCUT2D eigenvalue weighted by Crippen LogP contribution is -2.18. The standard InChI is InChI=1S/C23H23N5O4/c1-5-31-23(30)18-14(4)32-22(19(18)20(24)29)26-16-11-12(2)17-13(3)27-28(21(17)25-16)15-9-7-6-8-10-15/h6-11H,5H2,1-4H3,(H2,24,29)(H,25,26). The number of hydrogen-bond donors (Lipinski definition) is 2. The van der Waals surface area contributed by atoms with Crippen molar-refractivity contribution in [3.63, 3.8) is 0 Å². The summed E-state index contributed by atoms with van der Waals surface area (Å²) in [7, 11) is 0. The van der Waals surface area contributed by atoms with Crippen LogP contribution < -0.4 is 11.1 Å². The average Bonchev–Trinajstić information content (AvgIpc) is 3.25. The van der Waals surface area contributed by atoms with Crippen LogP contribution in [0.2, 0.25) is 0 Å². The molecule has 0 spiro atoms. The smallest absolute Gasteiger partial charge is 0.342 e. The number of nitrogens with zero attached hydrogens (tertiary/aromatic N) is 3. The molecule has 0 unspecified atom stereocenters. The van der Waals surface area contributed by atoms with Gasteiger partial charge in [0, 0.05) is 5.39 Å². The van der Waals surface area contributed by atoms with Crippen molar-refractivity contribution >= 4 is 34.6 Å². The zero-order valence-corrected chi connectivity index (χ0v) is 18.2. The minimum Gasteiger partial charge on any atom is -0.462 e. The number of benzene rings is 1. The molecule has 3 heterocycles. The number of esters is 1. The molecule has 3 aromatic heterocycles. The molecular weight excluding hydrogens is 410 g/mol. The van der Waals surface area contributed by atoms with Crippen LogP contribution in [0.3, 0.4) is 0 Å². The highest BCUT2D eigenvalue weighted by Gasteiger charge is 2.28. The molecule has 0 aliphatic carbocycles. The number of fused-ring (bicyclic) bond motifs is 1. The quantitative estimate of drug-likeness (QED) is 0.441. The molecular formula is C23H23N5O4. The second-order valence-electron chi connectivity index (χ2n) is 7.30. The lowest BCUT2D eigenvalue weighted by Gasteiger charge is -2.08. The summed E-state index contributed by atoms with van der Waals surface area (Å²) in [5.41, 5.74) is 8.78. The van der Waals surface area contributed by atoms with Crippen molar-refractivity contribution in [1.29, 1.82) is 0 Å². The SMILES string of the molecule is CCOC(=O)c1c(C)oc(Nc2cc(C)c3c(C)nn(-c4ccccc4)c3n2)c1C(N)=O. The van der Waals surface area contributed by atoms with Gasteiger partial charge in [-0.05, 0) is 51.5 Å². The van der Waals surface area contributed by atoms with Crippen LogP contribution >= 0.6 is 0 Å². The number of carbonyl (C=O) groups excluding carboxylic acids is 2. The van der Waals surface area contributed by atoms with Crippen LogP contribution in [0.5, 0.6) is 0 Å². The van der Waals surface area contributed by atoms with Crippen molar-refractivity contribution in [2.45, 2.75) is 27.7 Å². The molecule has 9 nitrogen and oxygen atoms in total. The first kappa shape index (κ1) is 21.1. The Morgan fingerprint density at radius 2 is 1.88 bits per heavy atom. The molecule has 1 aromatic carbocycles. The molecule has 0 saturated carbocycles. The number of rotatable bonds is 6. The molecule has 1 amide bonds. The predicted octanol–water partition coefficient (Wildman–Crippen LogP) is 3.96. The van der Waals surface area contributed by atoms with Gasteiger partial charge in [-0.2, -0.15) is 5.10 Å². The summed E-state index contributed by atoms with van der Waals surface area (Å²) < 4.78 is 12.5. The molecule has 0 atom stereocenters. The first-order chi connectivity index (χ1) is 15.3. The van der Waals surface area contributed by atoms with Crippen LogP contribution in [0.1, 0.15) is 44.7 Å². The lowest BCUT2D eigenvalue weighted by atomic mass is 10.1. The van der Waals surface area contributed by atoms with E-state index in [0.29, 0.717) is 11.5 Å². The predicted molar refractivity (Wildman–Crippen MR) is 120 cm³/mol. The second-order valence-corrected chi connectivity index (χ2v) is 7.30. The minimum absolute atomic E-state index is 0.00446. The number of anilines is 2. The number of hydrogen-bond acceptors (Lipinski definition) is 7. The van der Waals surface area contributed by atoms with E-state index in [-0.39, 0.29) is 29.4 Å². The number of aromatic nitrogens is 3. The van der Waals surface area contributed by atoms with Crippen LogP contribution in [-0.2, 0) is 4.74 Å². The Morgan fingerprint density at radius 1 is 1.16 bits per heavy atom. The van der Waals surface area contributed by atoms with E-state index in [2.05, 4.69) is 10.4 Å². The first-order valence-electron chi connectivity index (χ1n) is 10.1. The van der Waals surface area contributed by atoms with E-state index in [1.54, 1.807) is 18.5 Å². The Bertz CT molecular complexity index is 1340. The van der Waals surface area contributed by atoms with Gasteiger partial charge in [0.05, 0.1) is 18.0 Å². The van der Waals surface area contributed by atoms with E-state index in [4.69, 9.17) is 19.9 Å². The molecule has 3 N–H and O–H groups in total. The molecule has 32 heavy (non-hydrogen) atoms. The third kappa shape index (κ3) is 3.58. The first-order valence-corrected chi connectivity index (χ1v) is 10.1. The summed E-state index contributed by atoms with van der Waals surface area (Å²) >= 11 is 0. The summed E-state index contributed by atoms with van der Waals surface area (Å²) in [6.07, 6.45) is 0. The Kier molecular flexibility index (Phi) is 5.40. The van der Waals surface area contributed by atoms with Crippen LogP contribution in [0.15, 0.2) is 40.8 Å². The number of aryl methyl sites for hydroxylation is 3. The lowest BCUT2D eigenvalue weighted by molar-refractivity contribution is 0.0521. The fourth-order valence-electron chi connectivity index (χ4n) is 3.75. The van der Waals surface area contributed by atoms with Crippen LogP contribution in [0.4, 0.5) is 11.7 Å². The van der Waals surface area contributed by atoms with Gasteiger partial charge in [0.2, 0.25) is 5.88 Å². The van der Waals surface area contributed by atoms with E-state index >= 15 is 0 Å². The molecule has 0 fully saturated rings. The van der Waals surface area contributed by atoms with Gasteiger partial charge >= 0.3 is 5.97 Å². The summed E-state index contributed by atoms with van der Waals surface area (Å²) in [4.78, 5) is 29.2. The largest absolute Gasteiger partial charge is 0.462 e. The maximum absolute atomic E-state index is 12.3. The molecule has 0 aliphatic heterocycles. The number of nitrogens with two attached hydrogens (primary N) is 1. The van der Waals surface area contributed by atoms with Gasteiger partial charge in [-0.15, -0.1) is 0 Å². The molecule has 4 aromatic rings. The zero-order chi connectivity index (χ0) is 23.0. The molecule has 4 rings (SSSR count). The van der Waals surface area contributed by atoms with Gasteiger partial charge in [-0.3, -0.25) is 4.79 Å². The third-order valence-corrected chi connectivity index (χ3v) is 5.06. The normalized spacial score (nSPS) is 11.0. The Morgan fingerprint density at radius 3 is 2.53 bits per heavy atom. The van der Waals surface area contributed by atoms with E-state index < -0.39 is 11.9 Å².